The maximum Gasteiger partial charge on any atom is 0.311 e. The molecule has 0 aromatic heterocycles. The highest BCUT2D eigenvalue weighted by atomic mass is 16.5. The Balaban J connectivity index is 2.34. The average Bonchev–Trinajstić information content (AvgIpc) is 2.53. The fourth-order valence-corrected chi connectivity index (χ4v) is 2.21. The molecule has 4 nitrogen and oxygen atoms in total. The summed E-state index contributed by atoms with van der Waals surface area (Å²) in [5, 5.41) is 0. The van der Waals surface area contributed by atoms with Gasteiger partial charge in [0.1, 0.15) is 11.5 Å². The predicted molar refractivity (Wildman–Crippen MR) is 88.3 cm³/mol. The molecule has 0 saturated carbocycles. The molecule has 0 N–H and O–H groups in total. The lowest BCUT2D eigenvalue weighted by Gasteiger charge is -2.13. The van der Waals surface area contributed by atoms with E-state index in [1.54, 1.807) is 24.3 Å². The molecule has 0 bridgehead atoms. The van der Waals surface area contributed by atoms with E-state index < -0.39 is 5.97 Å². The molecule has 0 atom stereocenters. The maximum atomic E-state index is 11.9. The van der Waals surface area contributed by atoms with Crippen molar-refractivity contribution in [2.45, 2.75) is 33.1 Å². The van der Waals surface area contributed by atoms with Crippen LogP contribution >= 0.6 is 0 Å². The number of para-hydroxylation sites is 2. The second kappa shape index (κ2) is 8.13. The van der Waals surface area contributed by atoms with Crippen LogP contribution in [0.25, 0.3) is 11.1 Å². The Kier molecular flexibility index (Phi) is 5.92. The van der Waals surface area contributed by atoms with Crippen molar-refractivity contribution in [2.24, 2.45) is 0 Å². The van der Waals surface area contributed by atoms with Crippen LogP contribution in [0.3, 0.4) is 0 Å². The van der Waals surface area contributed by atoms with Crippen molar-refractivity contribution in [2.75, 3.05) is 0 Å². The van der Waals surface area contributed by atoms with Crippen molar-refractivity contribution in [3.8, 4) is 22.6 Å². The van der Waals surface area contributed by atoms with E-state index in [0.29, 0.717) is 29.0 Å². The molecule has 0 aliphatic heterocycles. The van der Waals surface area contributed by atoms with Crippen molar-refractivity contribution < 1.29 is 19.1 Å². The zero-order valence-corrected chi connectivity index (χ0v) is 13.4. The van der Waals surface area contributed by atoms with Gasteiger partial charge >= 0.3 is 11.9 Å². The van der Waals surface area contributed by atoms with Crippen molar-refractivity contribution in [1.82, 2.24) is 0 Å². The molecule has 0 radical (unpaired) electrons. The normalized spacial score (nSPS) is 10.2. The number of hydrogen-bond donors (Lipinski definition) is 0. The summed E-state index contributed by atoms with van der Waals surface area (Å²) < 4.78 is 10.7. The van der Waals surface area contributed by atoms with Gasteiger partial charge < -0.3 is 9.47 Å². The first kappa shape index (κ1) is 16.7. The minimum atomic E-state index is -0.394. The van der Waals surface area contributed by atoms with Crippen LogP contribution in [0.2, 0.25) is 0 Å². The largest absolute Gasteiger partial charge is 0.426 e. The van der Waals surface area contributed by atoms with Gasteiger partial charge in [-0.2, -0.15) is 0 Å². The lowest BCUT2D eigenvalue weighted by atomic mass is 10.0. The molecule has 0 unspecified atom stereocenters. The van der Waals surface area contributed by atoms with Crippen molar-refractivity contribution in [1.29, 1.82) is 0 Å². The number of carbonyl (C=O) groups excluding carboxylic acids is 2. The summed E-state index contributed by atoms with van der Waals surface area (Å²) in [6.45, 7) is 3.38. The topological polar surface area (TPSA) is 52.6 Å². The zero-order valence-electron chi connectivity index (χ0n) is 13.4. The average molecular weight is 312 g/mol. The van der Waals surface area contributed by atoms with Gasteiger partial charge in [0, 0.05) is 24.5 Å². The molecular weight excluding hydrogens is 292 g/mol. The van der Waals surface area contributed by atoms with Gasteiger partial charge in [-0.05, 0) is 18.6 Å². The standard InChI is InChI=1S/C19H20O4/c1-3-4-13-19(21)23-18-12-8-6-10-16(18)15-9-5-7-11-17(15)22-14(2)20/h5-12H,3-4,13H2,1-2H3. The third-order valence-corrected chi connectivity index (χ3v) is 3.28. The number of benzene rings is 2. The minimum absolute atomic E-state index is 0.260. The summed E-state index contributed by atoms with van der Waals surface area (Å²) >= 11 is 0. The Bertz CT molecular complexity index is 691. The van der Waals surface area contributed by atoms with Gasteiger partial charge in [0.25, 0.3) is 0 Å². The van der Waals surface area contributed by atoms with Crippen LogP contribution < -0.4 is 9.47 Å². The van der Waals surface area contributed by atoms with Crippen LogP contribution in [0.4, 0.5) is 0 Å². The van der Waals surface area contributed by atoms with Gasteiger partial charge in [-0.3, -0.25) is 9.59 Å². The molecule has 0 heterocycles. The summed E-state index contributed by atoms with van der Waals surface area (Å²) in [5.74, 6) is 0.254. The van der Waals surface area contributed by atoms with Crippen molar-refractivity contribution >= 4 is 11.9 Å². The number of ether oxygens (including phenoxy) is 2. The van der Waals surface area contributed by atoms with Crippen LogP contribution in [0.15, 0.2) is 48.5 Å². The number of unbranched alkanes of at least 4 members (excludes halogenated alkanes) is 1. The molecule has 2 aromatic carbocycles. The summed E-state index contributed by atoms with van der Waals surface area (Å²) in [5.41, 5.74) is 1.43. The monoisotopic (exact) mass is 312 g/mol. The van der Waals surface area contributed by atoms with Gasteiger partial charge in [-0.1, -0.05) is 49.7 Å². The summed E-state index contributed by atoms with van der Waals surface area (Å²) in [6, 6.07) is 14.4. The fraction of sp³-hybridized carbons (Fsp3) is 0.263. The quantitative estimate of drug-likeness (QED) is 0.587. The molecule has 0 spiro atoms. The molecule has 0 aliphatic rings. The minimum Gasteiger partial charge on any atom is -0.426 e. The summed E-state index contributed by atoms with van der Waals surface area (Å²) in [6.07, 6.45) is 2.12. The van der Waals surface area contributed by atoms with Gasteiger partial charge in [-0.15, -0.1) is 0 Å². The van der Waals surface area contributed by atoms with E-state index in [-0.39, 0.29) is 5.97 Å². The SMILES string of the molecule is CCCCC(=O)Oc1ccccc1-c1ccccc1OC(C)=O. The maximum absolute atomic E-state index is 11.9. The molecule has 2 aromatic rings. The lowest BCUT2D eigenvalue weighted by molar-refractivity contribution is -0.134. The fourth-order valence-electron chi connectivity index (χ4n) is 2.21. The van der Waals surface area contributed by atoms with Crippen LogP contribution in [-0.4, -0.2) is 11.9 Å². The first-order chi connectivity index (χ1) is 11.1. The van der Waals surface area contributed by atoms with E-state index in [4.69, 9.17) is 9.47 Å². The van der Waals surface area contributed by atoms with E-state index >= 15 is 0 Å². The molecule has 0 aliphatic carbocycles. The zero-order chi connectivity index (χ0) is 16.7. The van der Waals surface area contributed by atoms with Crippen LogP contribution in [0.5, 0.6) is 11.5 Å². The van der Waals surface area contributed by atoms with Gasteiger partial charge in [-0.25, -0.2) is 0 Å². The Morgan fingerprint density at radius 2 is 1.39 bits per heavy atom. The van der Waals surface area contributed by atoms with Gasteiger partial charge in [0.2, 0.25) is 0 Å². The lowest BCUT2D eigenvalue weighted by Crippen LogP contribution is -2.08. The van der Waals surface area contributed by atoms with Gasteiger partial charge in [0.15, 0.2) is 0 Å². The second-order valence-corrected chi connectivity index (χ2v) is 5.16. The van der Waals surface area contributed by atoms with E-state index in [1.165, 1.54) is 6.92 Å². The van der Waals surface area contributed by atoms with Crippen LogP contribution in [0, 0.1) is 0 Å². The van der Waals surface area contributed by atoms with Crippen molar-refractivity contribution in [3.63, 3.8) is 0 Å². The third kappa shape index (κ3) is 4.68. The molecule has 4 heteroatoms. The second-order valence-electron chi connectivity index (χ2n) is 5.16. The van der Waals surface area contributed by atoms with Gasteiger partial charge in [0.05, 0.1) is 0 Å². The molecule has 23 heavy (non-hydrogen) atoms. The van der Waals surface area contributed by atoms with E-state index in [9.17, 15) is 9.59 Å². The highest BCUT2D eigenvalue weighted by Gasteiger charge is 2.14. The smallest absolute Gasteiger partial charge is 0.311 e. The van der Waals surface area contributed by atoms with E-state index in [1.807, 2.05) is 31.2 Å². The first-order valence-corrected chi connectivity index (χ1v) is 7.69. The first-order valence-electron chi connectivity index (χ1n) is 7.69. The Morgan fingerprint density at radius 3 is 1.91 bits per heavy atom. The van der Waals surface area contributed by atoms with Crippen LogP contribution in [-0.2, 0) is 9.59 Å². The summed E-state index contributed by atoms with van der Waals surface area (Å²) in [7, 11) is 0. The third-order valence-electron chi connectivity index (χ3n) is 3.28. The highest BCUT2D eigenvalue weighted by molar-refractivity contribution is 5.82. The number of rotatable bonds is 6. The highest BCUT2D eigenvalue weighted by Crippen LogP contribution is 2.36. The molecule has 0 saturated heterocycles. The summed E-state index contributed by atoms with van der Waals surface area (Å²) in [4.78, 5) is 23.2. The molecular formula is C19H20O4. The van der Waals surface area contributed by atoms with Crippen molar-refractivity contribution in [3.05, 3.63) is 48.5 Å². The Hall–Kier alpha value is -2.62. The predicted octanol–water partition coefficient (Wildman–Crippen LogP) is 4.37. The number of esters is 2. The Morgan fingerprint density at radius 1 is 0.870 bits per heavy atom. The van der Waals surface area contributed by atoms with E-state index in [0.717, 1.165) is 12.8 Å². The van der Waals surface area contributed by atoms with E-state index in [2.05, 4.69) is 0 Å². The molecule has 0 amide bonds. The number of carbonyl (C=O) groups is 2. The number of hydrogen-bond acceptors (Lipinski definition) is 4. The molecule has 0 fully saturated rings. The molecule has 2 rings (SSSR count). The molecule has 120 valence electrons. The van der Waals surface area contributed by atoms with Crippen LogP contribution in [0.1, 0.15) is 33.1 Å². The Labute approximate surface area is 136 Å².